The van der Waals surface area contributed by atoms with Gasteiger partial charge in [-0.05, 0) is 41.5 Å². The van der Waals surface area contributed by atoms with Gasteiger partial charge in [-0.25, -0.2) is 4.79 Å². The SMILES string of the molecule is CC1(c2ccc3ccccc3c2)NC(=O)N(CC(=O)Nc2c(Cl)cccc2Cl)C1=O. The number of carbonyl (C=O) groups excluding carboxylic acids is 3. The molecule has 152 valence electrons. The number of para-hydroxylation sites is 1. The summed E-state index contributed by atoms with van der Waals surface area (Å²) in [4.78, 5) is 39.0. The van der Waals surface area contributed by atoms with Gasteiger partial charge in [-0.2, -0.15) is 0 Å². The standard InChI is InChI=1S/C22H17Cl2N3O3/c1-22(15-10-9-13-5-2-3-6-14(13)11-15)20(29)27(21(30)26-22)12-18(28)25-19-16(23)7-4-8-17(19)24/h2-11H,12H2,1H3,(H,25,28)(H,26,30). The Morgan fingerprint density at radius 2 is 1.67 bits per heavy atom. The minimum absolute atomic E-state index is 0.232. The van der Waals surface area contributed by atoms with Gasteiger partial charge in [0.05, 0.1) is 15.7 Å². The summed E-state index contributed by atoms with van der Waals surface area (Å²) in [5.74, 6) is -1.10. The van der Waals surface area contributed by atoms with Crippen LogP contribution in [0.25, 0.3) is 10.8 Å². The number of hydrogen-bond donors (Lipinski definition) is 2. The molecular weight excluding hydrogens is 425 g/mol. The highest BCUT2D eigenvalue weighted by Crippen LogP contribution is 2.32. The number of carbonyl (C=O) groups is 3. The van der Waals surface area contributed by atoms with Crippen LogP contribution in [0.1, 0.15) is 12.5 Å². The summed E-state index contributed by atoms with van der Waals surface area (Å²) >= 11 is 12.1. The average Bonchev–Trinajstić information content (AvgIpc) is 2.94. The molecule has 1 aliphatic rings. The molecule has 0 bridgehead atoms. The van der Waals surface area contributed by atoms with E-state index in [9.17, 15) is 14.4 Å². The Hall–Kier alpha value is -3.09. The number of nitrogens with one attached hydrogen (secondary N) is 2. The van der Waals surface area contributed by atoms with E-state index in [1.54, 1.807) is 31.2 Å². The molecule has 0 spiro atoms. The summed E-state index contributed by atoms with van der Waals surface area (Å²) < 4.78 is 0. The number of imide groups is 1. The number of hydrogen-bond acceptors (Lipinski definition) is 3. The molecule has 1 heterocycles. The fourth-order valence-electron chi connectivity index (χ4n) is 3.48. The molecule has 0 radical (unpaired) electrons. The first-order valence-electron chi connectivity index (χ1n) is 9.17. The van der Waals surface area contributed by atoms with E-state index < -0.39 is 29.9 Å². The molecule has 1 aliphatic heterocycles. The van der Waals surface area contributed by atoms with Crippen LogP contribution in [-0.2, 0) is 15.1 Å². The van der Waals surface area contributed by atoms with Crippen molar-refractivity contribution in [2.45, 2.75) is 12.5 Å². The van der Waals surface area contributed by atoms with Gasteiger partial charge in [0.1, 0.15) is 12.1 Å². The summed E-state index contributed by atoms with van der Waals surface area (Å²) in [6.45, 7) is 1.16. The molecule has 6 nitrogen and oxygen atoms in total. The molecule has 8 heteroatoms. The van der Waals surface area contributed by atoms with Crippen molar-refractivity contribution in [1.29, 1.82) is 0 Å². The van der Waals surface area contributed by atoms with Crippen molar-refractivity contribution in [3.63, 3.8) is 0 Å². The first kappa shape index (κ1) is 20.2. The number of amides is 4. The summed E-state index contributed by atoms with van der Waals surface area (Å²) in [5.41, 5.74) is -0.407. The van der Waals surface area contributed by atoms with Gasteiger partial charge >= 0.3 is 6.03 Å². The molecule has 0 aromatic heterocycles. The van der Waals surface area contributed by atoms with Crippen molar-refractivity contribution in [1.82, 2.24) is 10.2 Å². The van der Waals surface area contributed by atoms with E-state index in [0.29, 0.717) is 5.56 Å². The van der Waals surface area contributed by atoms with E-state index >= 15 is 0 Å². The van der Waals surface area contributed by atoms with Gasteiger partial charge in [0.25, 0.3) is 5.91 Å². The minimum Gasteiger partial charge on any atom is -0.322 e. The van der Waals surface area contributed by atoms with Crippen molar-refractivity contribution >= 4 is 57.5 Å². The lowest BCUT2D eigenvalue weighted by Gasteiger charge is -2.22. The maximum absolute atomic E-state index is 13.1. The third kappa shape index (κ3) is 3.49. The summed E-state index contributed by atoms with van der Waals surface area (Å²) in [6, 6.07) is 17.4. The summed E-state index contributed by atoms with van der Waals surface area (Å²) in [5, 5.41) is 7.76. The first-order chi connectivity index (χ1) is 14.3. The van der Waals surface area contributed by atoms with Crippen LogP contribution >= 0.6 is 23.2 Å². The molecule has 30 heavy (non-hydrogen) atoms. The van der Waals surface area contributed by atoms with Crippen LogP contribution in [0.5, 0.6) is 0 Å². The molecule has 4 rings (SSSR count). The number of fused-ring (bicyclic) bond motifs is 1. The second-order valence-electron chi connectivity index (χ2n) is 7.15. The lowest BCUT2D eigenvalue weighted by atomic mass is 9.90. The van der Waals surface area contributed by atoms with Crippen molar-refractivity contribution < 1.29 is 14.4 Å². The highest BCUT2D eigenvalue weighted by molar-refractivity contribution is 6.39. The van der Waals surface area contributed by atoms with Crippen LogP contribution in [0, 0.1) is 0 Å². The lowest BCUT2D eigenvalue weighted by molar-refractivity contribution is -0.133. The van der Waals surface area contributed by atoms with Crippen molar-refractivity contribution in [2.75, 3.05) is 11.9 Å². The number of halogens is 2. The molecule has 0 saturated carbocycles. The molecule has 1 atom stereocenters. The monoisotopic (exact) mass is 441 g/mol. The van der Waals surface area contributed by atoms with E-state index in [-0.39, 0.29) is 15.7 Å². The van der Waals surface area contributed by atoms with E-state index in [1.165, 1.54) is 0 Å². The zero-order chi connectivity index (χ0) is 21.5. The third-order valence-electron chi connectivity index (χ3n) is 5.13. The topological polar surface area (TPSA) is 78.5 Å². The second kappa shape index (κ2) is 7.63. The van der Waals surface area contributed by atoms with Crippen molar-refractivity contribution in [3.8, 4) is 0 Å². The number of nitrogens with zero attached hydrogens (tertiary/aromatic N) is 1. The number of urea groups is 1. The lowest BCUT2D eigenvalue weighted by Crippen LogP contribution is -2.42. The summed E-state index contributed by atoms with van der Waals surface area (Å²) in [7, 11) is 0. The Morgan fingerprint density at radius 3 is 2.37 bits per heavy atom. The van der Waals surface area contributed by atoms with Crippen LogP contribution in [-0.4, -0.2) is 29.3 Å². The van der Waals surface area contributed by atoms with E-state index in [2.05, 4.69) is 10.6 Å². The highest BCUT2D eigenvalue weighted by Gasteiger charge is 2.49. The van der Waals surface area contributed by atoms with Crippen molar-refractivity contribution in [2.24, 2.45) is 0 Å². The molecule has 1 saturated heterocycles. The Bertz CT molecular complexity index is 1180. The second-order valence-corrected chi connectivity index (χ2v) is 7.97. The normalized spacial score (nSPS) is 18.6. The average molecular weight is 442 g/mol. The van der Waals surface area contributed by atoms with Gasteiger partial charge in [0.15, 0.2) is 0 Å². The van der Waals surface area contributed by atoms with E-state index in [0.717, 1.165) is 15.7 Å². The predicted molar refractivity (Wildman–Crippen MR) is 117 cm³/mol. The number of anilines is 1. The van der Waals surface area contributed by atoms with Gasteiger partial charge in [-0.15, -0.1) is 0 Å². The summed E-state index contributed by atoms with van der Waals surface area (Å²) in [6.07, 6.45) is 0. The van der Waals surface area contributed by atoms with Crippen molar-refractivity contribution in [3.05, 3.63) is 76.3 Å². The molecule has 4 amide bonds. The van der Waals surface area contributed by atoms with Gasteiger partial charge < -0.3 is 10.6 Å². The Balaban J connectivity index is 1.56. The maximum atomic E-state index is 13.1. The Kier molecular flexibility index (Phi) is 5.13. The number of rotatable bonds is 4. The van der Waals surface area contributed by atoms with Gasteiger partial charge in [0.2, 0.25) is 5.91 Å². The van der Waals surface area contributed by atoms with Gasteiger partial charge in [-0.3, -0.25) is 14.5 Å². The molecule has 1 fully saturated rings. The van der Waals surface area contributed by atoms with Crippen LogP contribution < -0.4 is 10.6 Å². The largest absolute Gasteiger partial charge is 0.325 e. The van der Waals surface area contributed by atoms with E-state index in [1.807, 2.05) is 36.4 Å². The van der Waals surface area contributed by atoms with Crippen LogP contribution in [0.4, 0.5) is 10.5 Å². The zero-order valence-corrected chi connectivity index (χ0v) is 17.4. The van der Waals surface area contributed by atoms with E-state index in [4.69, 9.17) is 23.2 Å². The fourth-order valence-corrected chi connectivity index (χ4v) is 3.97. The quantitative estimate of drug-likeness (QED) is 0.582. The highest BCUT2D eigenvalue weighted by atomic mass is 35.5. The fraction of sp³-hybridized carbons (Fsp3) is 0.136. The first-order valence-corrected chi connectivity index (χ1v) is 9.92. The van der Waals surface area contributed by atoms with Crippen LogP contribution in [0.15, 0.2) is 60.7 Å². The Labute approximate surface area is 182 Å². The number of benzene rings is 3. The van der Waals surface area contributed by atoms with Gasteiger partial charge in [0, 0.05) is 0 Å². The zero-order valence-electron chi connectivity index (χ0n) is 15.9. The smallest absolute Gasteiger partial charge is 0.322 e. The minimum atomic E-state index is -1.27. The third-order valence-corrected chi connectivity index (χ3v) is 5.76. The van der Waals surface area contributed by atoms with Gasteiger partial charge in [-0.1, -0.05) is 65.7 Å². The predicted octanol–water partition coefficient (Wildman–Crippen LogP) is 4.55. The molecule has 2 N–H and O–H groups in total. The molecular formula is C22H17Cl2N3O3. The molecule has 3 aromatic carbocycles. The molecule has 0 aliphatic carbocycles. The molecule has 3 aromatic rings. The Morgan fingerprint density at radius 1 is 1.00 bits per heavy atom. The van der Waals surface area contributed by atoms with Crippen LogP contribution in [0.2, 0.25) is 10.0 Å². The molecule has 1 unspecified atom stereocenters. The maximum Gasteiger partial charge on any atom is 0.325 e. The van der Waals surface area contributed by atoms with Crippen LogP contribution in [0.3, 0.4) is 0 Å².